The molecule has 0 saturated heterocycles. The van der Waals surface area contributed by atoms with E-state index in [9.17, 15) is 4.79 Å². The number of hydrogen-bond donors (Lipinski definition) is 1. The minimum Gasteiger partial charge on any atom is -0.497 e. The van der Waals surface area contributed by atoms with Crippen LogP contribution in [0.1, 0.15) is 42.2 Å². The molecule has 0 aliphatic heterocycles. The molecule has 2 rings (SSSR count). The van der Waals surface area contributed by atoms with Gasteiger partial charge in [-0.05, 0) is 54.3 Å². The number of nitrogens with one attached hydrogen (secondary N) is 1. The Balaban J connectivity index is 2.17. The SMILES string of the molecule is COc1ccc([C@H](CC(C)C)NC(=O)c2ccc(Cl)cc2)cc1. The molecule has 0 spiro atoms. The molecule has 0 fully saturated rings. The zero-order valence-electron chi connectivity index (χ0n) is 13.7. The third-order valence-electron chi connectivity index (χ3n) is 3.64. The summed E-state index contributed by atoms with van der Waals surface area (Å²) in [6.45, 7) is 4.29. The molecule has 0 radical (unpaired) electrons. The van der Waals surface area contributed by atoms with Gasteiger partial charge in [0.2, 0.25) is 0 Å². The second-order valence-corrected chi connectivity index (χ2v) is 6.37. The van der Waals surface area contributed by atoms with Gasteiger partial charge in [-0.15, -0.1) is 0 Å². The van der Waals surface area contributed by atoms with E-state index in [2.05, 4.69) is 19.2 Å². The average molecular weight is 332 g/mol. The van der Waals surface area contributed by atoms with Crippen LogP contribution in [0, 0.1) is 5.92 Å². The summed E-state index contributed by atoms with van der Waals surface area (Å²) in [4.78, 5) is 12.5. The van der Waals surface area contributed by atoms with Crippen LogP contribution < -0.4 is 10.1 Å². The van der Waals surface area contributed by atoms with Gasteiger partial charge in [0.1, 0.15) is 5.75 Å². The molecule has 0 bridgehead atoms. The van der Waals surface area contributed by atoms with Crippen molar-refractivity contribution < 1.29 is 9.53 Å². The third kappa shape index (κ3) is 5.00. The second kappa shape index (κ2) is 8.02. The van der Waals surface area contributed by atoms with E-state index < -0.39 is 0 Å². The second-order valence-electron chi connectivity index (χ2n) is 5.94. The molecule has 0 unspecified atom stereocenters. The number of methoxy groups -OCH3 is 1. The highest BCUT2D eigenvalue weighted by molar-refractivity contribution is 6.30. The third-order valence-corrected chi connectivity index (χ3v) is 3.89. The first-order valence-electron chi connectivity index (χ1n) is 7.70. The van der Waals surface area contributed by atoms with Crippen molar-refractivity contribution in [3.8, 4) is 5.75 Å². The monoisotopic (exact) mass is 331 g/mol. The van der Waals surface area contributed by atoms with Crippen molar-refractivity contribution in [1.82, 2.24) is 5.32 Å². The van der Waals surface area contributed by atoms with Crippen molar-refractivity contribution >= 4 is 17.5 Å². The Bertz CT molecular complexity index is 635. The first-order chi connectivity index (χ1) is 11.0. The van der Waals surface area contributed by atoms with Gasteiger partial charge in [-0.2, -0.15) is 0 Å². The molecule has 4 heteroatoms. The maximum atomic E-state index is 12.5. The Kier molecular flexibility index (Phi) is 6.05. The Morgan fingerprint density at radius 3 is 2.22 bits per heavy atom. The van der Waals surface area contributed by atoms with Crippen molar-refractivity contribution in [2.24, 2.45) is 5.92 Å². The summed E-state index contributed by atoms with van der Waals surface area (Å²) in [6.07, 6.45) is 0.867. The van der Waals surface area contributed by atoms with E-state index in [1.54, 1.807) is 31.4 Å². The van der Waals surface area contributed by atoms with Crippen LogP contribution in [-0.2, 0) is 0 Å². The first-order valence-corrected chi connectivity index (χ1v) is 8.07. The smallest absolute Gasteiger partial charge is 0.251 e. The van der Waals surface area contributed by atoms with Crippen molar-refractivity contribution in [2.75, 3.05) is 7.11 Å². The average Bonchev–Trinajstić information content (AvgIpc) is 2.54. The number of rotatable bonds is 6. The van der Waals surface area contributed by atoms with Crippen LogP contribution in [0.25, 0.3) is 0 Å². The highest BCUT2D eigenvalue weighted by Crippen LogP contribution is 2.24. The Hall–Kier alpha value is -2.00. The Labute approximate surface area is 142 Å². The summed E-state index contributed by atoms with van der Waals surface area (Å²) in [7, 11) is 1.64. The zero-order chi connectivity index (χ0) is 16.8. The molecule has 0 aromatic heterocycles. The topological polar surface area (TPSA) is 38.3 Å². The predicted octanol–water partition coefficient (Wildman–Crippen LogP) is 4.87. The van der Waals surface area contributed by atoms with Gasteiger partial charge in [0, 0.05) is 10.6 Å². The van der Waals surface area contributed by atoms with Gasteiger partial charge in [-0.25, -0.2) is 0 Å². The lowest BCUT2D eigenvalue weighted by molar-refractivity contribution is 0.0932. The summed E-state index contributed by atoms with van der Waals surface area (Å²) < 4.78 is 5.19. The predicted molar refractivity (Wildman–Crippen MR) is 94.1 cm³/mol. The van der Waals surface area contributed by atoms with Gasteiger partial charge < -0.3 is 10.1 Å². The molecule has 2 aromatic rings. The fourth-order valence-electron chi connectivity index (χ4n) is 2.43. The van der Waals surface area contributed by atoms with E-state index in [-0.39, 0.29) is 11.9 Å². The first kappa shape index (κ1) is 17.4. The zero-order valence-corrected chi connectivity index (χ0v) is 14.4. The summed E-state index contributed by atoms with van der Waals surface area (Å²) in [6, 6.07) is 14.7. The van der Waals surface area contributed by atoms with Crippen LogP contribution in [0.2, 0.25) is 5.02 Å². The number of carbonyl (C=O) groups is 1. The molecule has 1 N–H and O–H groups in total. The Morgan fingerprint density at radius 2 is 1.70 bits per heavy atom. The summed E-state index contributed by atoms with van der Waals surface area (Å²) in [5, 5.41) is 3.74. The van der Waals surface area contributed by atoms with Crippen LogP contribution in [0.15, 0.2) is 48.5 Å². The molecule has 0 heterocycles. The van der Waals surface area contributed by atoms with Gasteiger partial charge in [-0.1, -0.05) is 37.6 Å². The molecule has 2 aromatic carbocycles. The van der Waals surface area contributed by atoms with Crippen LogP contribution in [0.4, 0.5) is 0 Å². The van der Waals surface area contributed by atoms with E-state index in [0.29, 0.717) is 16.5 Å². The maximum Gasteiger partial charge on any atom is 0.251 e. The number of amides is 1. The molecule has 0 aliphatic rings. The minimum atomic E-state index is -0.0943. The number of hydrogen-bond acceptors (Lipinski definition) is 2. The van der Waals surface area contributed by atoms with Gasteiger partial charge in [0.15, 0.2) is 0 Å². The highest BCUT2D eigenvalue weighted by atomic mass is 35.5. The number of carbonyl (C=O) groups excluding carboxylic acids is 1. The Morgan fingerprint density at radius 1 is 1.09 bits per heavy atom. The standard InChI is InChI=1S/C19H22ClNO2/c1-13(2)12-18(14-6-10-17(23-3)11-7-14)21-19(22)15-4-8-16(20)9-5-15/h4-11,13,18H,12H2,1-3H3,(H,21,22)/t18-/m0/s1. The fraction of sp³-hybridized carbons (Fsp3) is 0.316. The molecule has 0 saturated carbocycles. The van der Waals surface area contributed by atoms with Crippen molar-refractivity contribution in [3.05, 3.63) is 64.7 Å². The maximum absolute atomic E-state index is 12.5. The fourth-order valence-corrected chi connectivity index (χ4v) is 2.55. The molecule has 3 nitrogen and oxygen atoms in total. The number of halogens is 1. The van der Waals surface area contributed by atoms with E-state index in [0.717, 1.165) is 17.7 Å². The lowest BCUT2D eigenvalue weighted by Crippen LogP contribution is -2.29. The van der Waals surface area contributed by atoms with E-state index in [1.807, 2.05) is 24.3 Å². The van der Waals surface area contributed by atoms with Gasteiger partial charge in [0.05, 0.1) is 13.2 Å². The van der Waals surface area contributed by atoms with Gasteiger partial charge >= 0.3 is 0 Å². The summed E-state index contributed by atoms with van der Waals surface area (Å²) in [5.74, 6) is 1.18. The van der Waals surface area contributed by atoms with Gasteiger partial charge in [0.25, 0.3) is 5.91 Å². The van der Waals surface area contributed by atoms with Crippen molar-refractivity contribution in [1.29, 1.82) is 0 Å². The van der Waals surface area contributed by atoms with E-state index in [4.69, 9.17) is 16.3 Å². The summed E-state index contributed by atoms with van der Waals surface area (Å²) in [5.41, 5.74) is 1.68. The molecular weight excluding hydrogens is 310 g/mol. The van der Waals surface area contributed by atoms with Crippen LogP contribution in [0.3, 0.4) is 0 Å². The van der Waals surface area contributed by atoms with Crippen LogP contribution in [-0.4, -0.2) is 13.0 Å². The van der Waals surface area contributed by atoms with E-state index in [1.165, 1.54) is 0 Å². The van der Waals surface area contributed by atoms with Crippen LogP contribution in [0.5, 0.6) is 5.75 Å². The lowest BCUT2D eigenvalue weighted by Gasteiger charge is -2.21. The molecule has 1 amide bonds. The van der Waals surface area contributed by atoms with Crippen LogP contribution >= 0.6 is 11.6 Å². The molecule has 1 atom stereocenters. The molecule has 122 valence electrons. The normalized spacial score (nSPS) is 12.0. The highest BCUT2D eigenvalue weighted by Gasteiger charge is 2.17. The van der Waals surface area contributed by atoms with Crippen molar-refractivity contribution in [2.45, 2.75) is 26.3 Å². The number of benzene rings is 2. The largest absolute Gasteiger partial charge is 0.497 e. The number of ether oxygens (including phenoxy) is 1. The lowest BCUT2D eigenvalue weighted by atomic mass is 9.96. The van der Waals surface area contributed by atoms with E-state index >= 15 is 0 Å². The molecular formula is C19H22ClNO2. The minimum absolute atomic E-state index is 0.0379. The molecule has 0 aliphatic carbocycles. The van der Waals surface area contributed by atoms with Gasteiger partial charge in [-0.3, -0.25) is 4.79 Å². The molecule has 23 heavy (non-hydrogen) atoms. The van der Waals surface area contributed by atoms with Crippen molar-refractivity contribution in [3.63, 3.8) is 0 Å². The summed E-state index contributed by atoms with van der Waals surface area (Å²) >= 11 is 5.87. The quantitative estimate of drug-likeness (QED) is 0.820.